The van der Waals surface area contributed by atoms with Crippen molar-refractivity contribution in [3.63, 3.8) is 0 Å². The van der Waals surface area contributed by atoms with E-state index in [0.717, 1.165) is 18.2 Å². The molecule has 0 N–H and O–H groups in total. The van der Waals surface area contributed by atoms with E-state index < -0.39 is 0 Å². The second-order valence-electron chi connectivity index (χ2n) is 4.11. The van der Waals surface area contributed by atoms with E-state index in [1.807, 2.05) is 24.3 Å². The van der Waals surface area contributed by atoms with E-state index in [1.54, 1.807) is 0 Å². The lowest BCUT2D eigenvalue weighted by molar-refractivity contribution is 0.0181. The van der Waals surface area contributed by atoms with E-state index in [2.05, 4.69) is 18.7 Å². The number of halogens is 1. The van der Waals surface area contributed by atoms with Crippen LogP contribution in [0.15, 0.2) is 24.3 Å². The average molecular weight is 226 g/mol. The van der Waals surface area contributed by atoms with Crippen molar-refractivity contribution in [2.45, 2.75) is 26.1 Å². The summed E-state index contributed by atoms with van der Waals surface area (Å²) < 4.78 is 5.74. The summed E-state index contributed by atoms with van der Waals surface area (Å²) in [5.41, 5.74) is 1.19. The molecule has 82 valence electrons. The van der Waals surface area contributed by atoms with Gasteiger partial charge in [-0.3, -0.25) is 4.90 Å². The third kappa shape index (κ3) is 2.33. The summed E-state index contributed by atoms with van der Waals surface area (Å²) in [7, 11) is 0. The number of hydrogen-bond donors (Lipinski definition) is 0. The fraction of sp³-hybridized carbons (Fsp3) is 0.500. The highest BCUT2D eigenvalue weighted by Gasteiger charge is 2.28. The molecule has 2 nitrogen and oxygen atoms in total. The smallest absolute Gasteiger partial charge is 0.137 e. The first kappa shape index (κ1) is 10.9. The van der Waals surface area contributed by atoms with Crippen molar-refractivity contribution in [1.29, 1.82) is 0 Å². The molecule has 1 aromatic carbocycles. The van der Waals surface area contributed by atoms with E-state index >= 15 is 0 Å². The predicted molar refractivity (Wildman–Crippen MR) is 62.0 cm³/mol. The SMILES string of the molecule is CC(C)N1CCO[C@H]1c1ccc(Cl)cc1. The van der Waals surface area contributed by atoms with Gasteiger partial charge in [0.2, 0.25) is 0 Å². The molecule has 15 heavy (non-hydrogen) atoms. The van der Waals surface area contributed by atoms with Gasteiger partial charge in [-0.05, 0) is 31.5 Å². The molecule has 0 aliphatic carbocycles. The Labute approximate surface area is 95.8 Å². The van der Waals surface area contributed by atoms with Gasteiger partial charge in [-0.25, -0.2) is 0 Å². The van der Waals surface area contributed by atoms with E-state index in [1.165, 1.54) is 5.56 Å². The van der Waals surface area contributed by atoms with Crippen molar-refractivity contribution >= 4 is 11.6 Å². The Kier molecular flexibility index (Phi) is 3.29. The number of hydrogen-bond acceptors (Lipinski definition) is 2. The van der Waals surface area contributed by atoms with Crippen LogP contribution in [0.4, 0.5) is 0 Å². The molecule has 0 radical (unpaired) electrons. The highest BCUT2D eigenvalue weighted by atomic mass is 35.5. The molecule has 1 aliphatic rings. The maximum Gasteiger partial charge on any atom is 0.137 e. The van der Waals surface area contributed by atoms with Gasteiger partial charge in [0.15, 0.2) is 0 Å². The normalized spacial score (nSPS) is 22.5. The average Bonchev–Trinajstić information content (AvgIpc) is 2.67. The van der Waals surface area contributed by atoms with Crippen LogP contribution in [0.1, 0.15) is 25.6 Å². The molecule has 0 bridgehead atoms. The van der Waals surface area contributed by atoms with Crippen LogP contribution in [0.2, 0.25) is 5.02 Å². The van der Waals surface area contributed by atoms with Crippen LogP contribution in [0, 0.1) is 0 Å². The number of benzene rings is 1. The maximum absolute atomic E-state index is 5.86. The summed E-state index contributed by atoms with van der Waals surface area (Å²) in [6.07, 6.45) is 0.0993. The number of rotatable bonds is 2. The van der Waals surface area contributed by atoms with Crippen molar-refractivity contribution in [1.82, 2.24) is 4.90 Å². The van der Waals surface area contributed by atoms with E-state index in [9.17, 15) is 0 Å². The quantitative estimate of drug-likeness (QED) is 0.767. The van der Waals surface area contributed by atoms with Crippen LogP contribution >= 0.6 is 11.6 Å². The Bertz CT molecular complexity index is 323. The predicted octanol–water partition coefficient (Wildman–Crippen LogP) is 3.08. The number of ether oxygens (including phenoxy) is 1. The third-order valence-corrected chi connectivity index (χ3v) is 3.00. The molecule has 0 amide bonds. The molecule has 1 aliphatic heterocycles. The van der Waals surface area contributed by atoms with Gasteiger partial charge >= 0.3 is 0 Å². The second kappa shape index (κ2) is 4.52. The van der Waals surface area contributed by atoms with Gasteiger partial charge in [-0.2, -0.15) is 0 Å². The summed E-state index contributed by atoms with van der Waals surface area (Å²) in [6.45, 7) is 6.20. The van der Waals surface area contributed by atoms with Crippen LogP contribution in [-0.2, 0) is 4.74 Å². The van der Waals surface area contributed by atoms with Crippen molar-refractivity contribution in [3.05, 3.63) is 34.9 Å². The Morgan fingerprint density at radius 2 is 2.00 bits per heavy atom. The Balaban J connectivity index is 2.19. The van der Waals surface area contributed by atoms with Crippen LogP contribution < -0.4 is 0 Å². The highest BCUT2D eigenvalue weighted by Crippen LogP contribution is 2.29. The van der Waals surface area contributed by atoms with Crippen LogP contribution in [-0.4, -0.2) is 24.1 Å². The zero-order valence-corrected chi connectivity index (χ0v) is 9.87. The molecule has 0 spiro atoms. The minimum atomic E-state index is 0.0993. The van der Waals surface area contributed by atoms with Gasteiger partial charge in [0.25, 0.3) is 0 Å². The molecule has 0 aromatic heterocycles. The monoisotopic (exact) mass is 225 g/mol. The fourth-order valence-electron chi connectivity index (χ4n) is 1.93. The zero-order valence-electron chi connectivity index (χ0n) is 9.11. The highest BCUT2D eigenvalue weighted by molar-refractivity contribution is 6.30. The molecule has 2 rings (SSSR count). The maximum atomic E-state index is 5.86. The lowest BCUT2D eigenvalue weighted by Gasteiger charge is -2.26. The molecule has 3 heteroatoms. The lowest BCUT2D eigenvalue weighted by atomic mass is 10.1. The van der Waals surface area contributed by atoms with E-state index in [4.69, 9.17) is 16.3 Å². The molecule has 1 saturated heterocycles. The van der Waals surface area contributed by atoms with E-state index in [-0.39, 0.29) is 6.23 Å². The largest absolute Gasteiger partial charge is 0.358 e. The summed E-state index contributed by atoms with van der Waals surface area (Å²) in [6, 6.07) is 8.41. The summed E-state index contributed by atoms with van der Waals surface area (Å²) in [5, 5.41) is 0.771. The molecular weight excluding hydrogens is 210 g/mol. The van der Waals surface area contributed by atoms with Gasteiger partial charge in [0, 0.05) is 17.6 Å². The fourth-order valence-corrected chi connectivity index (χ4v) is 2.05. The molecular formula is C12H16ClNO. The van der Waals surface area contributed by atoms with Crippen molar-refractivity contribution in [3.8, 4) is 0 Å². The standard InChI is InChI=1S/C12H16ClNO/c1-9(2)14-7-8-15-12(14)10-3-5-11(13)6-4-10/h3-6,9,12H,7-8H2,1-2H3/t12-/m0/s1. The molecule has 1 atom stereocenters. The Hall–Kier alpha value is -0.570. The third-order valence-electron chi connectivity index (χ3n) is 2.74. The van der Waals surface area contributed by atoms with Crippen molar-refractivity contribution in [2.24, 2.45) is 0 Å². The van der Waals surface area contributed by atoms with Crippen LogP contribution in [0.25, 0.3) is 0 Å². The van der Waals surface area contributed by atoms with Crippen molar-refractivity contribution < 1.29 is 4.74 Å². The van der Waals surface area contributed by atoms with Gasteiger partial charge in [0.1, 0.15) is 6.23 Å². The first-order chi connectivity index (χ1) is 7.18. The molecule has 1 heterocycles. The Morgan fingerprint density at radius 1 is 1.33 bits per heavy atom. The van der Waals surface area contributed by atoms with Crippen LogP contribution in [0.5, 0.6) is 0 Å². The van der Waals surface area contributed by atoms with Gasteiger partial charge < -0.3 is 4.74 Å². The lowest BCUT2D eigenvalue weighted by Crippen LogP contribution is -2.30. The van der Waals surface area contributed by atoms with E-state index in [0.29, 0.717) is 6.04 Å². The number of nitrogens with zero attached hydrogens (tertiary/aromatic N) is 1. The van der Waals surface area contributed by atoms with Gasteiger partial charge in [-0.1, -0.05) is 23.7 Å². The molecule has 0 unspecified atom stereocenters. The summed E-state index contributed by atoms with van der Waals surface area (Å²) in [5.74, 6) is 0. The first-order valence-electron chi connectivity index (χ1n) is 5.31. The first-order valence-corrected chi connectivity index (χ1v) is 5.69. The second-order valence-corrected chi connectivity index (χ2v) is 4.54. The molecule has 1 fully saturated rings. The topological polar surface area (TPSA) is 12.5 Å². The molecule has 0 saturated carbocycles. The van der Waals surface area contributed by atoms with Gasteiger partial charge in [-0.15, -0.1) is 0 Å². The minimum Gasteiger partial charge on any atom is -0.358 e. The summed E-state index contributed by atoms with van der Waals surface area (Å²) in [4.78, 5) is 2.35. The molecule has 1 aromatic rings. The Morgan fingerprint density at radius 3 is 2.60 bits per heavy atom. The summed E-state index contributed by atoms with van der Waals surface area (Å²) >= 11 is 5.86. The zero-order chi connectivity index (χ0) is 10.8. The van der Waals surface area contributed by atoms with Crippen molar-refractivity contribution in [2.75, 3.05) is 13.2 Å². The van der Waals surface area contributed by atoms with Crippen LogP contribution in [0.3, 0.4) is 0 Å². The minimum absolute atomic E-state index is 0.0993. The van der Waals surface area contributed by atoms with Gasteiger partial charge in [0.05, 0.1) is 6.61 Å².